The zero-order chi connectivity index (χ0) is 14.9. The quantitative estimate of drug-likeness (QED) is 0.805. The van der Waals surface area contributed by atoms with Gasteiger partial charge in [-0.25, -0.2) is 0 Å². The number of rotatable bonds is 4. The minimum atomic E-state index is 0.0909. The zero-order valence-electron chi connectivity index (χ0n) is 12.3. The maximum Gasteiger partial charge on any atom is 0.169 e. The highest BCUT2D eigenvalue weighted by molar-refractivity contribution is 6.32. The maximum absolute atomic E-state index is 12.6. The predicted molar refractivity (Wildman–Crippen MR) is 81.5 cm³/mol. The Morgan fingerprint density at radius 3 is 2.40 bits per heavy atom. The van der Waals surface area contributed by atoms with Gasteiger partial charge >= 0.3 is 0 Å². The highest BCUT2D eigenvalue weighted by atomic mass is 35.5. The van der Waals surface area contributed by atoms with Crippen LogP contribution in [0.3, 0.4) is 0 Å². The Hall–Kier alpha value is -1.61. The lowest BCUT2D eigenvalue weighted by atomic mass is 9.96. The van der Waals surface area contributed by atoms with E-state index in [1.54, 1.807) is 4.68 Å². The van der Waals surface area contributed by atoms with Crippen molar-refractivity contribution in [3.63, 3.8) is 0 Å². The maximum atomic E-state index is 12.6. The van der Waals surface area contributed by atoms with Gasteiger partial charge in [-0.15, -0.1) is 0 Å². The molecule has 0 saturated carbocycles. The number of halogens is 1. The average Bonchev–Trinajstić information content (AvgIpc) is 2.66. The van der Waals surface area contributed by atoms with Gasteiger partial charge in [0, 0.05) is 12.6 Å². The van der Waals surface area contributed by atoms with Crippen molar-refractivity contribution in [2.75, 3.05) is 0 Å². The molecule has 0 radical (unpaired) electrons. The molecule has 0 aliphatic rings. The Kier molecular flexibility index (Phi) is 4.29. The van der Waals surface area contributed by atoms with Crippen LogP contribution < -0.4 is 0 Å². The molecule has 4 heteroatoms. The third kappa shape index (κ3) is 2.63. The summed E-state index contributed by atoms with van der Waals surface area (Å²) >= 11 is 6.31. The number of hydrogen-bond donors (Lipinski definition) is 0. The van der Waals surface area contributed by atoms with Crippen LogP contribution in [-0.2, 0) is 19.9 Å². The highest BCUT2D eigenvalue weighted by Crippen LogP contribution is 2.23. The van der Waals surface area contributed by atoms with Crippen LogP contribution in [0.2, 0.25) is 5.02 Å². The number of ketones is 1. The Labute approximate surface area is 124 Å². The van der Waals surface area contributed by atoms with Gasteiger partial charge in [-0.3, -0.25) is 9.48 Å². The van der Waals surface area contributed by atoms with Crippen LogP contribution in [0.15, 0.2) is 18.2 Å². The lowest BCUT2D eigenvalue weighted by Crippen LogP contribution is -2.11. The first-order valence-corrected chi connectivity index (χ1v) is 7.13. The number of nitrogens with zero attached hydrogens (tertiary/aromatic N) is 2. The lowest BCUT2D eigenvalue weighted by molar-refractivity contribution is 0.0989. The number of benzene rings is 1. The van der Waals surface area contributed by atoms with E-state index in [9.17, 15) is 4.79 Å². The molecule has 106 valence electrons. The van der Waals surface area contributed by atoms with Gasteiger partial charge < -0.3 is 0 Å². The van der Waals surface area contributed by atoms with Crippen LogP contribution in [0.5, 0.6) is 0 Å². The number of carbonyl (C=O) groups excluding carboxylic acids is 1. The second kappa shape index (κ2) is 5.80. The first-order valence-electron chi connectivity index (χ1n) is 6.75. The molecule has 2 rings (SSSR count). The number of Topliss-reactive ketones (excluding diaryl/α,β-unsaturated/α-hetero) is 1. The molecular weight excluding hydrogens is 272 g/mol. The summed E-state index contributed by atoms with van der Waals surface area (Å²) in [4.78, 5) is 12.6. The fraction of sp³-hybridized carbons (Fsp3) is 0.375. The summed E-state index contributed by atoms with van der Waals surface area (Å²) in [5.74, 6) is 0.0909. The normalized spacial score (nSPS) is 10.8. The predicted octanol–water partition coefficient (Wildman–Crippen LogP) is 3.68. The molecule has 0 unspecified atom stereocenters. The lowest BCUT2D eigenvalue weighted by Gasteiger charge is -2.09. The van der Waals surface area contributed by atoms with Gasteiger partial charge in [0.05, 0.1) is 22.8 Å². The standard InChI is InChI=1S/C16H19ClN2O/c1-5-12-16(17)13(19(4)18-12)9-14(20)15-10(2)7-6-8-11(15)3/h6-8H,5,9H2,1-4H3. The van der Waals surface area contributed by atoms with E-state index in [2.05, 4.69) is 5.10 Å². The summed E-state index contributed by atoms with van der Waals surface area (Å²) in [6.07, 6.45) is 1.05. The van der Waals surface area contributed by atoms with E-state index in [0.717, 1.165) is 34.5 Å². The molecule has 0 aliphatic heterocycles. The summed E-state index contributed by atoms with van der Waals surface area (Å²) in [6, 6.07) is 5.89. The van der Waals surface area contributed by atoms with Gasteiger partial charge in [0.1, 0.15) is 0 Å². The summed E-state index contributed by atoms with van der Waals surface area (Å²) in [5.41, 5.74) is 4.44. The largest absolute Gasteiger partial charge is 0.294 e. The summed E-state index contributed by atoms with van der Waals surface area (Å²) in [7, 11) is 1.83. The van der Waals surface area contributed by atoms with Gasteiger partial charge in [0.2, 0.25) is 0 Å². The number of carbonyl (C=O) groups is 1. The van der Waals surface area contributed by atoms with E-state index >= 15 is 0 Å². The van der Waals surface area contributed by atoms with Gasteiger partial charge in [0.15, 0.2) is 5.78 Å². The summed E-state index contributed by atoms with van der Waals surface area (Å²) < 4.78 is 1.71. The van der Waals surface area contributed by atoms with Crippen LogP contribution in [-0.4, -0.2) is 15.6 Å². The van der Waals surface area contributed by atoms with E-state index in [-0.39, 0.29) is 12.2 Å². The molecule has 0 atom stereocenters. The Morgan fingerprint density at radius 2 is 1.90 bits per heavy atom. The second-order valence-electron chi connectivity index (χ2n) is 5.05. The van der Waals surface area contributed by atoms with E-state index in [1.165, 1.54) is 0 Å². The summed E-state index contributed by atoms with van der Waals surface area (Å²) in [5, 5.41) is 4.97. The minimum absolute atomic E-state index is 0.0909. The molecule has 3 nitrogen and oxygen atoms in total. The van der Waals surface area contributed by atoms with Gasteiger partial charge in [0.25, 0.3) is 0 Å². The fourth-order valence-corrected chi connectivity index (χ4v) is 2.87. The Morgan fingerprint density at radius 1 is 1.30 bits per heavy atom. The van der Waals surface area contributed by atoms with Crippen LogP contribution in [0.1, 0.15) is 39.8 Å². The van der Waals surface area contributed by atoms with Crippen molar-refractivity contribution in [3.8, 4) is 0 Å². The van der Waals surface area contributed by atoms with Crippen molar-refractivity contribution in [2.24, 2.45) is 7.05 Å². The molecule has 0 amide bonds. The number of aryl methyl sites for hydroxylation is 4. The van der Waals surface area contributed by atoms with Crippen LogP contribution in [0.4, 0.5) is 0 Å². The average molecular weight is 291 g/mol. The van der Waals surface area contributed by atoms with Crippen LogP contribution in [0.25, 0.3) is 0 Å². The van der Waals surface area contributed by atoms with Gasteiger partial charge in [-0.1, -0.05) is 36.7 Å². The molecule has 0 aliphatic carbocycles. The summed E-state index contributed by atoms with van der Waals surface area (Å²) in [6.45, 7) is 5.93. The minimum Gasteiger partial charge on any atom is -0.294 e. The molecule has 0 bridgehead atoms. The highest BCUT2D eigenvalue weighted by Gasteiger charge is 2.19. The van der Waals surface area contributed by atoms with E-state index in [4.69, 9.17) is 11.6 Å². The molecule has 0 spiro atoms. The van der Waals surface area contributed by atoms with Crippen molar-refractivity contribution < 1.29 is 4.79 Å². The van der Waals surface area contributed by atoms with Crippen LogP contribution in [0, 0.1) is 13.8 Å². The molecule has 0 saturated heterocycles. The monoisotopic (exact) mass is 290 g/mol. The van der Waals surface area contributed by atoms with E-state index < -0.39 is 0 Å². The molecule has 0 fully saturated rings. The smallest absolute Gasteiger partial charge is 0.169 e. The first kappa shape index (κ1) is 14.8. The van der Waals surface area contributed by atoms with Crippen molar-refractivity contribution in [2.45, 2.75) is 33.6 Å². The molecule has 2 aromatic rings. The van der Waals surface area contributed by atoms with Crippen molar-refractivity contribution in [3.05, 3.63) is 51.3 Å². The first-order chi connectivity index (χ1) is 9.45. The SMILES string of the molecule is CCc1nn(C)c(CC(=O)c2c(C)cccc2C)c1Cl. The number of aromatic nitrogens is 2. The molecular formula is C16H19ClN2O. The fourth-order valence-electron chi connectivity index (χ4n) is 2.51. The van der Waals surface area contributed by atoms with Crippen molar-refractivity contribution in [1.82, 2.24) is 9.78 Å². The van der Waals surface area contributed by atoms with E-state index in [0.29, 0.717) is 5.02 Å². The second-order valence-corrected chi connectivity index (χ2v) is 5.43. The topological polar surface area (TPSA) is 34.9 Å². The zero-order valence-corrected chi connectivity index (χ0v) is 13.1. The number of hydrogen-bond acceptors (Lipinski definition) is 2. The van der Waals surface area contributed by atoms with Gasteiger partial charge in [-0.05, 0) is 31.4 Å². The third-order valence-corrected chi connectivity index (χ3v) is 4.03. The van der Waals surface area contributed by atoms with Gasteiger partial charge in [-0.2, -0.15) is 5.10 Å². The van der Waals surface area contributed by atoms with Crippen molar-refractivity contribution >= 4 is 17.4 Å². The Balaban J connectivity index is 2.36. The molecule has 0 N–H and O–H groups in total. The third-order valence-electron chi connectivity index (χ3n) is 3.59. The molecule has 1 aromatic heterocycles. The molecule has 1 aromatic carbocycles. The van der Waals surface area contributed by atoms with Crippen molar-refractivity contribution in [1.29, 1.82) is 0 Å². The van der Waals surface area contributed by atoms with E-state index in [1.807, 2.05) is 46.0 Å². The molecule has 1 heterocycles. The van der Waals surface area contributed by atoms with Crippen LogP contribution >= 0.6 is 11.6 Å². The molecule has 20 heavy (non-hydrogen) atoms. The Bertz CT molecular complexity index is 638.